The van der Waals surface area contributed by atoms with Crippen LogP contribution < -0.4 is 10.6 Å². The van der Waals surface area contributed by atoms with Crippen molar-refractivity contribution in [2.24, 2.45) is 0 Å². The molecule has 1 atom stereocenters. The van der Waals surface area contributed by atoms with Crippen molar-refractivity contribution in [2.45, 2.75) is 51.9 Å². The topological polar surface area (TPSA) is 35.5 Å². The van der Waals surface area contributed by atoms with Gasteiger partial charge in [-0.2, -0.15) is 0 Å². The molecule has 0 saturated carbocycles. The molecular weight excluding hydrogens is 395 g/mol. The van der Waals surface area contributed by atoms with Crippen molar-refractivity contribution in [3.05, 3.63) is 71.7 Å². The highest BCUT2D eigenvalue weighted by Gasteiger charge is 2.39. The van der Waals surface area contributed by atoms with Crippen LogP contribution in [-0.4, -0.2) is 28.1 Å². The molecule has 0 unspecified atom stereocenters. The van der Waals surface area contributed by atoms with E-state index in [0.717, 1.165) is 34.8 Å². The average Bonchev–Trinajstić information content (AvgIpc) is 2.73. The van der Waals surface area contributed by atoms with Gasteiger partial charge in [0.05, 0.1) is 14.2 Å². The molecule has 0 saturated heterocycles. The van der Waals surface area contributed by atoms with E-state index in [-0.39, 0.29) is 12.9 Å². The third kappa shape index (κ3) is 6.26. The Morgan fingerprint density at radius 1 is 1.00 bits per heavy atom. The van der Waals surface area contributed by atoms with Crippen molar-refractivity contribution < 1.29 is 14.0 Å². The Labute approximate surface area is 177 Å². The predicted molar refractivity (Wildman–Crippen MR) is 127 cm³/mol. The van der Waals surface area contributed by atoms with E-state index in [0.29, 0.717) is 0 Å². The van der Waals surface area contributed by atoms with Gasteiger partial charge in [0.25, 0.3) is 0 Å². The first-order valence-corrected chi connectivity index (χ1v) is 15.6. The van der Waals surface area contributed by atoms with Gasteiger partial charge in [0.2, 0.25) is 0 Å². The lowest BCUT2D eigenvalue weighted by molar-refractivity contribution is -0.0579. The molecule has 2 aromatic carbocycles. The van der Waals surface area contributed by atoms with E-state index in [1.54, 1.807) is 7.11 Å². The first-order valence-electron chi connectivity index (χ1n) is 10.4. The molecule has 0 amide bonds. The van der Waals surface area contributed by atoms with Gasteiger partial charge in [-0.05, 0) is 11.4 Å². The normalized spacial score (nSPS) is 14.0. The Morgan fingerprint density at radius 2 is 1.52 bits per heavy atom. The molecule has 0 heterocycles. The molecule has 2 rings (SSSR count). The molecule has 0 radical (unpaired) electrons. The van der Waals surface area contributed by atoms with Gasteiger partial charge >= 0.3 is 0 Å². The van der Waals surface area contributed by atoms with Crippen LogP contribution in [0.2, 0.25) is 19.6 Å². The summed E-state index contributed by atoms with van der Waals surface area (Å²) in [5.74, 6) is 0. The SMILES string of the molecule is CCCC[C@H](/C=C(\[Si](C)(C)C)P(=O)(c1ccccc1)c1ccccc1)OCOC. The van der Waals surface area contributed by atoms with E-state index in [1.165, 1.54) is 0 Å². The largest absolute Gasteiger partial charge is 0.359 e. The maximum atomic E-state index is 14.9. The summed E-state index contributed by atoms with van der Waals surface area (Å²) in [6.45, 7) is 9.22. The summed E-state index contributed by atoms with van der Waals surface area (Å²) < 4.78 is 26.1. The van der Waals surface area contributed by atoms with Crippen LogP contribution in [0.5, 0.6) is 0 Å². The Morgan fingerprint density at radius 3 is 1.93 bits per heavy atom. The van der Waals surface area contributed by atoms with Crippen LogP contribution >= 0.6 is 7.14 Å². The lowest BCUT2D eigenvalue weighted by atomic mass is 10.1. The van der Waals surface area contributed by atoms with Crippen LogP contribution in [0, 0.1) is 0 Å². The molecule has 158 valence electrons. The third-order valence-corrected chi connectivity index (χ3v) is 12.5. The van der Waals surface area contributed by atoms with Crippen molar-refractivity contribution in [3.63, 3.8) is 0 Å². The summed E-state index contributed by atoms with van der Waals surface area (Å²) in [7, 11) is -3.29. The van der Waals surface area contributed by atoms with Crippen LogP contribution in [0.3, 0.4) is 0 Å². The Kier molecular flexibility index (Phi) is 9.10. The van der Waals surface area contributed by atoms with Crippen molar-refractivity contribution >= 4 is 25.8 Å². The monoisotopic (exact) mass is 430 g/mol. The van der Waals surface area contributed by atoms with Crippen molar-refractivity contribution in [3.8, 4) is 0 Å². The molecule has 0 aliphatic heterocycles. The standard InChI is InChI=1S/C24H35O3PSi/c1-6-7-14-21(27-20-26-2)19-24(29(3,4)5)28(25,22-15-10-8-11-16-22)23-17-12-9-13-18-23/h8-13,15-19,21H,6-7,14,20H2,1-5H3/b24-19-/t21-/m1/s1. The van der Waals surface area contributed by atoms with Gasteiger partial charge in [-0.1, -0.05) is 106 Å². The fourth-order valence-corrected chi connectivity index (χ4v) is 11.1. The van der Waals surface area contributed by atoms with E-state index in [4.69, 9.17) is 9.47 Å². The molecule has 0 bridgehead atoms. The maximum Gasteiger partial charge on any atom is 0.163 e. The molecule has 0 aliphatic carbocycles. The summed E-state index contributed by atoms with van der Waals surface area (Å²) >= 11 is 0. The van der Waals surface area contributed by atoms with Gasteiger partial charge < -0.3 is 14.0 Å². The van der Waals surface area contributed by atoms with E-state index in [2.05, 4.69) is 32.6 Å². The number of hydrogen-bond donors (Lipinski definition) is 0. The number of ether oxygens (including phenoxy) is 2. The fraction of sp³-hybridized carbons (Fsp3) is 0.417. The lowest BCUT2D eigenvalue weighted by Crippen LogP contribution is -2.32. The highest BCUT2D eigenvalue weighted by molar-refractivity contribution is 7.85. The molecule has 0 N–H and O–H groups in total. The molecule has 2 aromatic rings. The number of benzene rings is 2. The van der Waals surface area contributed by atoms with E-state index in [1.807, 2.05) is 60.7 Å². The molecular formula is C24H35O3PSi. The number of unbranched alkanes of at least 4 members (excludes halogenated alkanes) is 1. The summed E-state index contributed by atoms with van der Waals surface area (Å²) in [5, 5.41) is 1.78. The summed E-state index contributed by atoms with van der Waals surface area (Å²) in [6, 6.07) is 19.8. The number of hydrogen-bond acceptors (Lipinski definition) is 3. The molecule has 29 heavy (non-hydrogen) atoms. The van der Waals surface area contributed by atoms with Gasteiger partial charge in [0, 0.05) is 17.7 Å². The maximum absolute atomic E-state index is 14.9. The van der Waals surface area contributed by atoms with Crippen molar-refractivity contribution in [1.82, 2.24) is 0 Å². The minimum atomic E-state index is -2.97. The highest BCUT2D eigenvalue weighted by Crippen LogP contribution is 2.55. The van der Waals surface area contributed by atoms with E-state index < -0.39 is 15.2 Å². The second-order valence-corrected chi connectivity index (χ2v) is 16.5. The zero-order valence-electron chi connectivity index (χ0n) is 18.4. The second-order valence-electron chi connectivity index (χ2n) is 8.34. The van der Waals surface area contributed by atoms with Gasteiger partial charge in [0.15, 0.2) is 7.14 Å². The first kappa shape index (κ1) is 23.8. The lowest BCUT2D eigenvalue weighted by Gasteiger charge is -2.32. The third-order valence-electron chi connectivity index (χ3n) is 4.93. The molecule has 3 nitrogen and oxygen atoms in total. The van der Waals surface area contributed by atoms with E-state index in [9.17, 15) is 4.57 Å². The van der Waals surface area contributed by atoms with Gasteiger partial charge in [0.1, 0.15) is 6.79 Å². The second kappa shape index (κ2) is 11.1. The zero-order chi connectivity index (χ0) is 21.3. The fourth-order valence-electron chi connectivity index (χ4n) is 3.48. The first-order chi connectivity index (χ1) is 13.8. The quantitative estimate of drug-likeness (QED) is 0.251. The predicted octanol–water partition coefficient (Wildman–Crippen LogP) is 5.94. The summed E-state index contributed by atoms with van der Waals surface area (Å²) in [5.41, 5.74) is 0. The Bertz CT molecular complexity index is 762. The Hall–Kier alpha value is -1.45. The highest BCUT2D eigenvalue weighted by atomic mass is 31.2. The molecule has 0 spiro atoms. The zero-order valence-corrected chi connectivity index (χ0v) is 20.3. The van der Waals surface area contributed by atoms with Gasteiger partial charge in [-0.25, -0.2) is 0 Å². The van der Waals surface area contributed by atoms with Crippen LogP contribution in [0.1, 0.15) is 26.2 Å². The van der Waals surface area contributed by atoms with Crippen LogP contribution in [0.25, 0.3) is 0 Å². The molecule has 0 aromatic heterocycles. The Balaban J connectivity index is 2.68. The van der Waals surface area contributed by atoms with Crippen molar-refractivity contribution in [2.75, 3.05) is 13.9 Å². The molecule has 0 aliphatic rings. The molecule has 5 heteroatoms. The smallest absolute Gasteiger partial charge is 0.163 e. The van der Waals surface area contributed by atoms with Crippen LogP contribution in [0.15, 0.2) is 71.7 Å². The minimum absolute atomic E-state index is 0.0997. The average molecular weight is 431 g/mol. The number of methoxy groups -OCH3 is 1. The summed E-state index contributed by atoms with van der Waals surface area (Å²) in [4.78, 5) is 1.07. The van der Waals surface area contributed by atoms with E-state index >= 15 is 0 Å². The number of rotatable bonds is 11. The molecule has 0 fully saturated rings. The van der Waals surface area contributed by atoms with Gasteiger partial charge in [-0.3, -0.25) is 0 Å². The van der Waals surface area contributed by atoms with Gasteiger partial charge in [-0.15, -0.1) is 0 Å². The summed E-state index contributed by atoms with van der Waals surface area (Å²) in [6.07, 6.45) is 5.12. The minimum Gasteiger partial charge on any atom is -0.359 e. The van der Waals surface area contributed by atoms with Crippen LogP contribution in [-0.2, 0) is 14.0 Å². The van der Waals surface area contributed by atoms with Crippen LogP contribution in [0.4, 0.5) is 0 Å². The van der Waals surface area contributed by atoms with Crippen molar-refractivity contribution in [1.29, 1.82) is 0 Å².